The summed E-state index contributed by atoms with van der Waals surface area (Å²) in [6.45, 7) is 0.596. The number of amides is 1. The highest BCUT2D eigenvalue weighted by Gasteiger charge is 2.25. The van der Waals surface area contributed by atoms with E-state index >= 15 is 0 Å². The maximum atomic E-state index is 12.4. The highest BCUT2D eigenvalue weighted by molar-refractivity contribution is 9.10. The smallest absolute Gasteiger partial charge is 0.220 e. The van der Waals surface area contributed by atoms with Crippen LogP contribution in [0.3, 0.4) is 0 Å². The van der Waals surface area contributed by atoms with Crippen LogP contribution in [0.5, 0.6) is 5.75 Å². The van der Waals surface area contributed by atoms with Crippen molar-refractivity contribution in [3.63, 3.8) is 0 Å². The zero-order chi connectivity index (χ0) is 17.5. The Morgan fingerprint density at radius 1 is 1.28 bits per heavy atom. The molecule has 5 nitrogen and oxygen atoms in total. The molecule has 1 aromatic rings. The van der Waals surface area contributed by atoms with E-state index in [1.54, 1.807) is 12.1 Å². The normalized spacial score (nSPS) is 19.6. The van der Waals surface area contributed by atoms with Crippen molar-refractivity contribution in [1.82, 2.24) is 5.32 Å². The fraction of sp³-hybridized carbons (Fsp3) is 0.556. The molecule has 2 unspecified atom stereocenters. The third kappa shape index (κ3) is 6.28. The molecule has 0 saturated heterocycles. The molecule has 1 aromatic carbocycles. The van der Waals surface area contributed by atoms with Gasteiger partial charge in [-0.3, -0.25) is 9.59 Å². The van der Waals surface area contributed by atoms with Gasteiger partial charge in [0.15, 0.2) is 5.78 Å². The Morgan fingerprint density at radius 2 is 2.00 bits per heavy atom. The van der Waals surface area contributed by atoms with Crippen molar-refractivity contribution >= 4 is 40.0 Å². The van der Waals surface area contributed by atoms with Gasteiger partial charge in [0.05, 0.1) is 12.7 Å². The topological polar surface area (TPSA) is 81.4 Å². The molecule has 1 fully saturated rings. The first kappa shape index (κ1) is 21.9. The average molecular weight is 434 g/mol. The van der Waals surface area contributed by atoms with Crippen LogP contribution in [0.1, 0.15) is 48.9 Å². The van der Waals surface area contributed by atoms with Crippen LogP contribution in [0.25, 0.3) is 0 Å². The summed E-state index contributed by atoms with van der Waals surface area (Å²) in [6, 6.07) is 5.43. The zero-order valence-corrected chi connectivity index (χ0v) is 16.8. The first-order valence-electron chi connectivity index (χ1n) is 8.41. The van der Waals surface area contributed by atoms with E-state index in [-0.39, 0.29) is 43.0 Å². The van der Waals surface area contributed by atoms with Crippen molar-refractivity contribution in [2.75, 3.05) is 13.7 Å². The van der Waals surface area contributed by atoms with Gasteiger partial charge >= 0.3 is 0 Å². The third-order valence-corrected chi connectivity index (χ3v) is 5.09. The van der Waals surface area contributed by atoms with Crippen LogP contribution in [0, 0.1) is 5.92 Å². The number of hydrogen-bond donors (Lipinski definition) is 2. The number of rotatable bonds is 7. The molecule has 0 heterocycles. The maximum Gasteiger partial charge on any atom is 0.220 e. The lowest BCUT2D eigenvalue weighted by Crippen LogP contribution is -2.44. The molecular weight excluding hydrogens is 408 g/mol. The van der Waals surface area contributed by atoms with Gasteiger partial charge in [-0.1, -0.05) is 28.8 Å². The first-order valence-corrected chi connectivity index (χ1v) is 9.20. The molecule has 7 heteroatoms. The van der Waals surface area contributed by atoms with E-state index in [2.05, 4.69) is 21.2 Å². The Kier molecular flexibility index (Phi) is 9.46. The summed E-state index contributed by atoms with van der Waals surface area (Å²) in [4.78, 5) is 24.6. The number of benzene rings is 1. The number of Topliss-reactive ketones (excluding diaryl/α,β-unsaturated/α-hetero) is 1. The number of nitrogens with one attached hydrogen (secondary N) is 1. The van der Waals surface area contributed by atoms with Crippen LogP contribution in [0.4, 0.5) is 0 Å². The number of methoxy groups -OCH3 is 1. The fourth-order valence-electron chi connectivity index (χ4n) is 3.22. The number of ketones is 1. The second kappa shape index (κ2) is 10.8. The van der Waals surface area contributed by atoms with Crippen LogP contribution in [-0.4, -0.2) is 31.4 Å². The number of ether oxygens (including phenoxy) is 1. The lowest BCUT2D eigenvalue weighted by Gasteiger charge is -2.31. The average Bonchev–Trinajstić information content (AvgIpc) is 2.60. The molecule has 25 heavy (non-hydrogen) atoms. The van der Waals surface area contributed by atoms with Gasteiger partial charge in [0.25, 0.3) is 0 Å². The van der Waals surface area contributed by atoms with E-state index < -0.39 is 0 Å². The summed E-state index contributed by atoms with van der Waals surface area (Å²) in [6.07, 6.45) is 4.68. The van der Waals surface area contributed by atoms with Crippen molar-refractivity contribution in [2.45, 2.75) is 44.6 Å². The minimum absolute atomic E-state index is 0. The van der Waals surface area contributed by atoms with Gasteiger partial charge < -0.3 is 15.8 Å². The monoisotopic (exact) mass is 432 g/mol. The largest absolute Gasteiger partial charge is 0.496 e. The molecule has 1 amide bonds. The number of carbonyl (C=O) groups is 2. The van der Waals surface area contributed by atoms with E-state index in [0.717, 1.165) is 23.7 Å². The summed E-state index contributed by atoms with van der Waals surface area (Å²) in [5.41, 5.74) is 6.29. The Balaban J connectivity index is 0.00000312. The number of carbonyl (C=O) groups excluding carboxylic acids is 2. The highest BCUT2D eigenvalue weighted by atomic mass is 79.9. The van der Waals surface area contributed by atoms with Crippen LogP contribution < -0.4 is 15.8 Å². The number of nitrogens with two attached hydrogens (primary N) is 1. The Labute approximate surface area is 163 Å². The Hall–Kier alpha value is -1.11. The first-order chi connectivity index (χ1) is 11.5. The molecule has 3 N–H and O–H groups in total. The molecule has 1 aliphatic carbocycles. The standard InChI is InChI=1S/C18H25BrN2O3.ClH/c1-24-17-8-6-13(19)10-14(17)16(22)7-9-18(23)21-15-5-3-2-4-12(15)11-20;/h6,8,10,12,15H,2-5,7,9,11,20H2,1H3,(H,21,23);1H. The van der Waals surface area contributed by atoms with Gasteiger partial charge in [0.2, 0.25) is 5.91 Å². The maximum absolute atomic E-state index is 12.4. The third-order valence-electron chi connectivity index (χ3n) is 4.60. The van der Waals surface area contributed by atoms with Crippen LogP contribution in [-0.2, 0) is 4.79 Å². The molecule has 140 valence electrons. The number of halogens is 2. The van der Waals surface area contributed by atoms with E-state index in [0.29, 0.717) is 23.8 Å². The number of hydrogen-bond acceptors (Lipinski definition) is 4. The molecule has 0 spiro atoms. The minimum atomic E-state index is -0.0951. The molecule has 2 rings (SSSR count). The van der Waals surface area contributed by atoms with Crippen LogP contribution >= 0.6 is 28.3 Å². The quantitative estimate of drug-likeness (QED) is 0.645. The summed E-state index contributed by atoms with van der Waals surface area (Å²) in [5, 5.41) is 3.06. The van der Waals surface area contributed by atoms with Crippen molar-refractivity contribution in [2.24, 2.45) is 11.7 Å². The molecule has 0 bridgehead atoms. The summed E-state index contributed by atoms with van der Waals surface area (Å²) >= 11 is 3.36. The van der Waals surface area contributed by atoms with Gasteiger partial charge in [-0.25, -0.2) is 0 Å². The van der Waals surface area contributed by atoms with E-state index in [1.807, 2.05) is 6.07 Å². The van der Waals surface area contributed by atoms with Crippen molar-refractivity contribution in [3.05, 3.63) is 28.2 Å². The highest BCUT2D eigenvalue weighted by Crippen LogP contribution is 2.25. The van der Waals surface area contributed by atoms with Gasteiger partial charge in [-0.2, -0.15) is 0 Å². The fourth-order valence-corrected chi connectivity index (χ4v) is 3.58. The minimum Gasteiger partial charge on any atom is -0.496 e. The van der Waals surface area contributed by atoms with Gasteiger partial charge in [0.1, 0.15) is 5.75 Å². The lowest BCUT2D eigenvalue weighted by atomic mass is 9.84. The lowest BCUT2D eigenvalue weighted by molar-refractivity contribution is -0.122. The molecule has 0 aliphatic heterocycles. The molecule has 2 atom stereocenters. The van der Waals surface area contributed by atoms with Crippen molar-refractivity contribution in [1.29, 1.82) is 0 Å². The van der Waals surface area contributed by atoms with E-state index in [4.69, 9.17) is 10.5 Å². The Bertz CT molecular complexity index is 598. The van der Waals surface area contributed by atoms with Crippen molar-refractivity contribution < 1.29 is 14.3 Å². The summed E-state index contributed by atoms with van der Waals surface area (Å²) < 4.78 is 6.03. The predicted molar refractivity (Wildman–Crippen MR) is 104 cm³/mol. The van der Waals surface area contributed by atoms with Crippen LogP contribution in [0.15, 0.2) is 22.7 Å². The molecule has 0 radical (unpaired) electrons. The molecule has 1 saturated carbocycles. The van der Waals surface area contributed by atoms with E-state index in [1.165, 1.54) is 13.5 Å². The predicted octanol–water partition coefficient (Wildman–Crippen LogP) is 3.48. The van der Waals surface area contributed by atoms with Crippen molar-refractivity contribution in [3.8, 4) is 5.75 Å². The van der Waals surface area contributed by atoms with Gasteiger partial charge in [0, 0.05) is 23.4 Å². The van der Waals surface area contributed by atoms with Crippen LogP contribution in [0.2, 0.25) is 0 Å². The molecule has 1 aliphatic rings. The van der Waals surface area contributed by atoms with Gasteiger partial charge in [-0.15, -0.1) is 12.4 Å². The Morgan fingerprint density at radius 3 is 2.68 bits per heavy atom. The SMILES string of the molecule is COc1ccc(Br)cc1C(=O)CCC(=O)NC1CCCCC1CN.Cl. The van der Waals surface area contributed by atoms with E-state index in [9.17, 15) is 9.59 Å². The van der Waals surface area contributed by atoms with Gasteiger partial charge in [-0.05, 0) is 43.5 Å². The summed E-state index contributed by atoms with van der Waals surface area (Å²) in [7, 11) is 1.53. The zero-order valence-electron chi connectivity index (χ0n) is 14.4. The molecule has 0 aromatic heterocycles. The second-order valence-corrected chi connectivity index (χ2v) is 7.14. The summed E-state index contributed by atoms with van der Waals surface area (Å²) in [5.74, 6) is 0.702. The second-order valence-electron chi connectivity index (χ2n) is 6.22. The molecular formula is C18H26BrClN2O3.